The second-order valence-corrected chi connectivity index (χ2v) is 7.82. The van der Waals surface area contributed by atoms with E-state index in [9.17, 15) is 4.79 Å². The number of amides is 1. The molecule has 2 heterocycles. The molecule has 1 saturated heterocycles. The first-order valence-electron chi connectivity index (χ1n) is 8.62. The Balaban J connectivity index is 1.70. The Bertz CT molecular complexity index is 710. The predicted octanol–water partition coefficient (Wildman–Crippen LogP) is 3.78. The van der Waals surface area contributed by atoms with Crippen molar-refractivity contribution < 1.29 is 14.3 Å². The van der Waals surface area contributed by atoms with E-state index in [2.05, 4.69) is 12.1 Å². The van der Waals surface area contributed by atoms with Gasteiger partial charge in [-0.15, -0.1) is 11.3 Å². The maximum Gasteiger partial charge on any atom is 0.263 e. The molecule has 0 aliphatic carbocycles. The minimum absolute atomic E-state index is 0.146. The van der Waals surface area contributed by atoms with Crippen molar-refractivity contribution in [1.29, 1.82) is 0 Å². The molecule has 1 aromatic carbocycles. The Morgan fingerprint density at radius 3 is 2.56 bits per heavy atom. The normalized spacial score (nSPS) is 20.5. The number of carbonyl (C=O) groups excluding carboxylic acids is 1. The van der Waals surface area contributed by atoms with E-state index in [4.69, 9.17) is 9.47 Å². The molecular formula is C20H25NO3S. The number of rotatable bonds is 5. The average molecular weight is 359 g/mol. The number of thiophene rings is 1. The van der Waals surface area contributed by atoms with Crippen LogP contribution in [-0.2, 0) is 11.2 Å². The number of benzene rings is 1. The standard InChI is InChI=1S/C20H25NO3S/c1-14-4-9-19(25-14)20(22)21-11-10-18(24-3)16(13-21)12-15-5-7-17(23-2)8-6-15/h4-9,16,18H,10-13H2,1-3H3/t16-,18-/m1/s1. The van der Waals surface area contributed by atoms with Gasteiger partial charge in [0.15, 0.2) is 0 Å². The first kappa shape index (κ1) is 18.0. The van der Waals surface area contributed by atoms with Gasteiger partial charge in [-0.3, -0.25) is 4.79 Å². The number of hydrogen-bond donors (Lipinski definition) is 0. The smallest absolute Gasteiger partial charge is 0.263 e. The highest BCUT2D eigenvalue weighted by molar-refractivity contribution is 7.13. The van der Waals surface area contributed by atoms with Crippen molar-refractivity contribution in [2.24, 2.45) is 5.92 Å². The maximum atomic E-state index is 12.8. The molecule has 134 valence electrons. The number of aryl methyl sites for hydroxylation is 1. The Labute approximate surface area is 153 Å². The fraction of sp³-hybridized carbons (Fsp3) is 0.450. The van der Waals surface area contributed by atoms with E-state index in [1.54, 1.807) is 25.6 Å². The van der Waals surface area contributed by atoms with Crippen molar-refractivity contribution in [1.82, 2.24) is 4.90 Å². The van der Waals surface area contributed by atoms with Gasteiger partial charge in [-0.25, -0.2) is 0 Å². The van der Waals surface area contributed by atoms with Gasteiger partial charge in [0.1, 0.15) is 5.75 Å². The summed E-state index contributed by atoms with van der Waals surface area (Å²) >= 11 is 1.57. The molecule has 5 heteroatoms. The number of nitrogens with zero attached hydrogens (tertiary/aromatic N) is 1. The average Bonchev–Trinajstić information content (AvgIpc) is 3.08. The lowest BCUT2D eigenvalue weighted by atomic mass is 9.88. The topological polar surface area (TPSA) is 38.8 Å². The summed E-state index contributed by atoms with van der Waals surface area (Å²) in [4.78, 5) is 16.8. The molecule has 2 atom stereocenters. The number of methoxy groups -OCH3 is 2. The quantitative estimate of drug-likeness (QED) is 0.815. The molecule has 1 amide bonds. The summed E-state index contributed by atoms with van der Waals surface area (Å²) in [6.45, 7) is 3.53. The minimum atomic E-state index is 0.146. The van der Waals surface area contributed by atoms with E-state index in [1.807, 2.05) is 36.1 Å². The molecule has 1 fully saturated rings. The first-order chi connectivity index (χ1) is 12.1. The third kappa shape index (κ3) is 4.22. The molecular weight excluding hydrogens is 334 g/mol. The third-order valence-corrected chi connectivity index (χ3v) is 5.85. The molecule has 4 nitrogen and oxygen atoms in total. The Kier molecular flexibility index (Phi) is 5.76. The molecule has 1 aliphatic heterocycles. The molecule has 0 bridgehead atoms. The van der Waals surface area contributed by atoms with Gasteiger partial charge in [0, 0.05) is 31.0 Å². The van der Waals surface area contributed by atoms with Crippen molar-refractivity contribution in [3.8, 4) is 5.75 Å². The summed E-state index contributed by atoms with van der Waals surface area (Å²) in [6, 6.07) is 12.1. The van der Waals surface area contributed by atoms with Gasteiger partial charge in [0.25, 0.3) is 5.91 Å². The monoisotopic (exact) mass is 359 g/mol. The Hall–Kier alpha value is -1.85. The number of carbonyl (C=O) groups is 1. The van der Waals surface area contributed by atoms with E-state index in [1.165, 1.54) is 10.4 Å². The SMILES string of the molecule is COc1ccc(C[C@@H]2CN(C(=O)c3ccc(C)s3)CC[C@H]2OC)cc1. The lowest BCUT2D eigenvalue weighted by molar-refractivity contribution is -0.00284. The molecule has 0 radical (unpaired) electrons. The maximum absolute atomic E-state index is 12.8. The van der Waals surface area contributed by atoms with E-state index >= 15 is 0 Å². The molecule has 0 saturated carbocycles. The first-order valence-corrected chi connectivity index (χ1v) is 9.43. The van der Waals surface area contributed by atoms with E-state index in [-0.39, 0.29) is 12.0 Å². The molecule has 1 aliphatic rings. The second kappa shape index (κ2) is 8.02. The van der Waals surface area contributed by atoms with Crippen molar-refractivity contribution in [3.05, 3.63) is 51.7 Å². The van der Waals surface area contributed by atoms with Crippen LogP contribution in [0, 0.1) is 12.8 Å². The zero-order chi connectivity index (χ0) is 17.8. The zero-order valence-electron chi connectivity index (χ0n) is 15.0. The molecule has 1 aromatic heterocycles. The fourth-order valence-electron chi connectivity index (χ4n) is 3.47. The summed E-state index contributed by atoms with van der Waals surface area (Å²) in [5.74, 6) is 1.31. The number of piperidine rings is 1. The number of ether oxygens (including phenoxy) is 2. The highest BCUT2D eigenvalue weighted by Crippen LogP contribution is 2.27. The largest absolute Gasteiger partial charge is 0.497 e. The second-order valence-electron chi connectivity index (χ2n) is 6.54. The van der Waals surface area contributed by atoms with Gasteiger partial charge in [-0.2, -0.15) is 0 Å². The summed E-state index contributed by atoms with van der Waals surface area (Å²) in [5.41, 5.74) is 1.24. The van der Waals surface area contributed by atoms with Gasteiger partial charge in [0.05, 0.1) is 18.1 Å². The summed E-state index contributed by atoms with van der Waals surface area (Å²) in [6.07, 6.45) is 1.97. The van der Waals surface area contributed by atoms with Crippen LogP contribution in [-0.4, -0.2) is 44.2 Å². The fourth-order valence-corrected chi connectivity index (χ4v) is 4.31. The van der Waals surface area contributed by atoms with Gasteiger partial charge in [-0.1, -0.05) is 12.1 Å². The van der Waals surface area contributed by atoms with Crippen molar-refractivity contribution in [2.75, 3.05) is 27.3 Å². The van der Waals surface area contributed by atoms with E-state index < -0.39 is 0 Å². The number of hydrogen-bond acceptors (Lipinski definition) is 4. The molecule has 3 rings (SSSR count). The van der Waals surface area contributed by atoms with Crippen LogP contribution in [0.5, 0.6) is 5.75 Å². The van der Waals surface area contributed by atoms with Crippen LogP contribution < -0.4 is 4.74 Å². The highest BCUT2D eigenvalue weighted by atomic mass is 32.1. The van der Waals surface area contributed by atoms with E-state index in [0.717, 1.165) is 36.6 Å². The van der Waals surface area contributed by atoms with Gasteiger partial charge >= 0.3 is 0 Å². The van der Waals surface area contributed by atoms with E-state index in [0.29, 0.717) is 5.92 Å². The molecule has 0 spiro atoms. The van der Waals surface area contributed by atoms with Gasteiger partial charge in [0.2, 0.25) is 0 Å². The van der Waals surface area contributed by atoms with Crippen LogP contribution in [0.25, 0.3) is 0 Å². The number of likely N-dealkylation sites (tertiary alicyclic amines) is 1. The van der Waals surface area contributed by atoms with Crippen molar-refractivity contribution in [2.45, 2.75) is 25.9 Å². The minimum Gasteiger partial charge on any atom is -0.497 e. The lowest BCUT2D eigenvalue weighted by Gasteiger charge is -2.38. The van der Waals surface area contributed by atoms with Crippen molar-refractivity contribution in [3.63, 3.8) is 0 Å². The van der Waals surface area contributed by atoms with Crippen molar-refractivity contribution >= 4 is 17.2 Å². The highest BCUT2D eigenvalue weighted by Gasteiger charge is 2.32. The Morgan fingerprint density at radius 2 is 1.96 bits per heavy atom. The summed E-state index contributed by atoms with van der Waals surface area (Å²) in [7, 11) is 3.44. The lowest BCUT2D eigenvalue weighted by Crippen LogP contribution is -2.47. The van der Waals surface area contributed by atoms with Crippen LogP contribution in [0.4, 0.5) is 0 Å². The van der Waals surface area contributed by atoms with Crippen LogP contribution in [0.1, 0.15) is 26.5 Å². The zero-order valence-corrected chi connectivity index (χ0v) is 15.8. The Morgan fingerprint density at radius 1 is 1.20 bits per heavy atom. The van der Waals surface area contributed by atoms with Crippen LogP contribution in [0.3, 0.4) is 0 Å². The molecule has 0 N–H and O–H groups in total. The molecule has 25 heavy (non-hydrogen) atoms. The van der Waals surface area contributed by atoms with Gasteiger partial charge in [-0.05, 0) is 49.6 Å². The predicted molar refractivity (Wildman–Crippen MR) is 101 cm³/mol. The molecule has 0 unspecified atom stereocenters. The van der Waals surface area contributed by atoms with Crippen LogP contribution >= 0.6 is 11.3 Å². The summed E-state index contributed by atoms with van der Waals surface area (Å²) < 4.78 is 10.9. The summed E-state index contributed by atoms with van der Waals surface area (Å²) in [5, 5.41) is 0. The van der Waals surface area contributed by atoms with Crippen LogP contribution in [0.15, 0.2) is 36.4 Å². The molecule has 2 aromatic rings. The van der Waals surface area contributed by atoms with Gasteiger partial charge < -0.3 is 14.4 Å². The van der Waals surface area contributed by atoms with Crippen LogP contribution in [0.2, 0.25) is 0 Å². The third-order valence-electron chi connectivity index (χ3n) is 4.86.